The molecule has 4 aliphatic rings. The van der Waals surface area contributed by atoms with Gasteiger partial charge in [0.2, 0.25) is 5.78 Å². The van der Waals surface area contributed by atoms with Crippen LogP contribution in [-0.4, -0.2) is 91.6 Å². The first-order valence-electron chi connectivity index (χ1n) is 13.2. The van der Waals surface area contributed by atoms with Gasteiger partial charge >= 0.3 is 0 Å². The molecule has 7 N–H and O–H groups in total. The molecule has 2 fully saturated rings. The third-order valence-electron chi connectivity index (χ3n) is 9.09. The van der Waals surface area contributed by atoms with Crippen molar-refractivity contribution in [2.45, 2.75) is 37.5 Å². The normalized spacial score (nSPS) is 28.4. The van der Waals surface area contributed by atoms with Gasteiger partial charge in [0.15, 0.2) is 11.4 Å². The van der Waals surface area contributed by atoms with Crippen LogP contribution in [0.4, 0.5) is 0 Å². The van der Waals surface area contributed by atoms with Crippen molar-refractivity contribution in [3.05, 3.63) is 51.8 Å². The Labute approximate surface area is 229 Å². The number of ketones is 2. The van der Waals surface area contributed by atoms with Gasteiger partial charge in [0, 0.05) is 34.4 Å². The van der Waals surface area contributed by atoms with E-state index in [-0.39, 0.29) is 41.0 Å². The van der Waals surface area contributed by atoms with Gasteiger partial charge < -0.3 is 31.3 Å². The van der Waals surface area contributed by atoms with E-state index in [4.69, 9.17) is 5.73 Å². The van der Waals surface area contributed by atoms with Crippen molar-refractivity contribution in [3.63, 3.8) is 0 Å². The number of carbonyl (C=O) groups is 3. The number of amides is 1. The van der Waals surface area contributed by atoms with Crippen molar-refractivity contribution >= 4 is 34.0 Å². The van der Waals surface area contributed by atoms with Crippen LogP contribution in [0, 0.1) is 11.8 Å². The van der Waals surface area contributed by atoms with E-state index in [9.17, 15) is 39.9 Å². The van der Waals surface area contributed by atoms with Crippen molar-refractivity contribution in [3.8, 4) is 11.5 Å². The number of primary amides is 1. The van der Waals surface area contributed by atoms with E-state index in [1.165, 1.54) is 4.90 Å². The lowest BCUT2D eigenvalue weighted by Gasteiger charge is -2.50. The number of fused-ring (bicyclic) bond motifs is 4. The topological polar surface area (TPSA) is 185 Å². The lowest BCUT2D eigenvalue weighted by molar-refractivity contribution is -0.153. The number of rotatable bonds is 4. The van der Waals surface area contributed by atoms with Crippen molar-refractivity contribution < 1.29 is 39.9 Å². The molecule has 0 bridgehead atoms. The smallest absolute Gasteiger partial charge is 0.255 e. The number of nitrogens with two attached hydrogens (primary N) is 1. The zero-order chi connectivity index (χ0) is 28.8. The summed E-state index contributed by atoms with van der Waals surface area (Å²) in [5.41, 5.74) is 2.57. The van der Waals surface area contributed by atoms with Crippen molar-refractivity contribution in [2.24, 2.45) is 17.6 Å². The van der Waals surface area contributed by atoms with Gasteiger partial charge in [-0.1, -0.05) is 12.1 Å². The Morgan fingerprint density at radius 3 is 2.40 bits per heavy atom. The average molecular weight is 550 g/mol. The number of benzene rings is 2. The summed E-state index contributed by atoms with van der Waals surface area (Å²) in [6, 6.07) is 4.17. The van der Waals surface area contributed by atoms with Gasteiger partial charge in [-0.2, -0.15) is 0 Å². The molecule has 1 aliphatic heterocycles. The lowest BCUT2D eigenvalue weighted by atomic mass is 9.57. The van der Waals surface area contributed by atoms with Crippen molar-refractivity contribution in [1.29, 1.82) is 0 Å². The Kier molecular flexibility index (Phi) is 5.78. The first-order chi connectivity index (χ1) is 18.9. The quantitative estimate of drug-likeness (QED) is 0.238. The van der Waals surface area contributed by atoms with Crippen LogP contribution in [0.3, 0.4) is 0 Å². The third-order valence-corrected chi connectivity index (χ3v) is 9.09. The van der Waals surface area contributed by atoms with Crippen LogP contribution in [0.25, 0.3) is 16.5 Å². The number of phenols is 2. The Morgan fingerprint density at radius 2 is 1.80 bits per heavy atom. The monoisotopic (exact) mass is 549 g/mol. The number of aliphatic hydroxyl groups is 3. The summed E-state index contributed by atoms with van der Waals surface area (Å²) in [4.78, 5) is 43.0. The van der Waals surface area contributed by atoms with Crippen molar-refractivity contribution in [2.75, 3.05) is 27.2 Å². The van der Waals surface area contributed by atoms with Crippen LogP contribution in [0.5, 0.6) is 11.5 Å². The van der Waals surface area contributed by atoms with Gasteiger partial charge in [-0.25, -0.2) is 0 Å². The van der Waals surface area contributed by atoms with E-state index in [1.807, 2.05) is 6.07 Å². The van der Waals surface area contributed by atoms with Crippen LogP contribution in [0.2, 0.25) is 0 Å². The summed E-state index contributed by atoms with van der Waals surface area (Å²) < 4.78 is 0. The fourth-order valence-electron chi connectivity index (χ4n) is 7.03. The minimum atomic E-state index is -2.70. The molecule has 0 radical (unpaired) electrons. The second kappa shape index (κ2) is 8.79. The molecule has 4 atom stereocenters. The molecule has 6 rings (SSSR count). The number of aliphatic hydroxyl groups excluding tert-OH is 2. The maximum absolute atomic E-state index is 14.0. The molecule has 1 amide bonds. The Hall–Kier alpha value is -3.93. The highest BCUT2D eigenvalue weighted by atomic mass is 16.3. The second-order valence-corrected chi connectivity index (χ2v) is 11.5. The number of hydrogen-bond donors (Lipinski definition) is 6. The van der Waals surface area contributed by atoms with Gasteiger partial charge in [-0.15, -0.1) is 0 Å². The fraction of sp³-hybridized carbons (Fsp3) is 0.414. The van der Waals surface area contributed by atoms with Gasteiger partial charge in [-0.05, 0) is 64.0 Å². The molecule has 1 heterocycles. The number of aromatic hydroxyl groups is 2. The Bertz CT molecular complexity index is 1590. The van der Waals surface area contributed by atoms with Gasteiger partial charge in [0.05, 0.1) is 11.6 Å². The van der Waals surface area contributed by atoms with Crippen LogP contribution in [0.1, 0.15) is 29.5 Å². The summed E-state index contributed by atoms with van der Waals surface area (Å²) in [5, 5.41) is 57.4. The molecule has 1 saturated carbocycles. The van der Waals surface area contributed by atoms with Gasteiger partial charge in [0.1, 0.15) is 28.6 Å². The summed E-state index contributed by atoms with van der Waals surface area (Å²) in [7, 11) is 3.08. The maximum atomic E-state index is 14.0. The number of nitrogens with zero attached hydrogens (tertiary/aromatic N) is 2. The summed E-state index contributed by atoms with van der Waals surface area (Å²) in [6.45, 7) is 2.60. The fourth-order valence-corrected chi connectivity index (χ4v) is 7.03. The molecule has 2 aromatic rings. The lowest BCUT2D eigenvalue weighted by Crippen LogP contribution is -2.65. The molecule has 210 valence electrons. The number of carbonyl (C=O) groups excluding carboxylic acids is 3. The van der Waals surface area contributed by atoms with E-state index < -0.39 is 58.0 Å². The molecule has 0 aromatic heterocycles. The average Bonchev–Trinajstić information content (AvgIpc) is 2.86. The van der Waals surface area contributed by atoms with E-state index >= 15 is 0 Å². The predicted octanol–water partition coefficient (Wildman–Crippen LogP) is 1.03. The van der Waals surface area contributed by atoms with Crippen molar-refractivity contribution in [1.82, 2.24) is 9.80 Å². The van der Waals surface area contributed by atoms with Crippen LogP contribution in [-0.2, 0) is 27.3 Å². The minimum absolute atomic E-state index is 0.0272. The molecule has 1 saturated heterocycles. The zero-order valence-electron chi connectivity index (χ0n) is 22.1. The molecule has 40 heavy (non-hydrogen) atoms. The number of likely N-dealkylation sites (N-methyl/N-ethyl adjacent to an activating group) is 1. The number of phenolic OH excluding ortho intramolecular Hbond substituents is 2. The van der Waals surface area contributed by atoms with Crippen LogP contribution in [0.15, 0.2) is 35.1 Å². The van der Waals surface area contributed by atoms with E-state index in [0.29, 0.717) is 17.3 Å². The summed E-state index contributed by atoms with van der Waals surface area (Å²) in [5.74, 6) is -7.33. The molecule has 0 unspecified atom stereocenters. The van der Waals surface area contributed by atoms with Gasteiger partial charge in [0.25, 0.3) is 5.91 Å². The molecular weight excluding hydrogens is 518 g/mol. The molecular formula is C29H31N3O8. The molecule has 2 aromatic carbocycles. The second-order valence-electron chi connectivity index (χ2n) is 11.5. The van der Waals surface area contributed by atoms with E-state index in [2.05, 4.69) is 4.90 Å². The minimum Gasteiger partial charge on any atom is -0.508 e. The highest BCUT2D eigenvalue weighted by molar-refractivity contribution is 6.24. The SMILES string of the molecule is CN(C)[C@@H]1C(=O)C(C(N)=O)=C(O)[C@@]2(O)C(=O)C3=C(O)c4c(c(O)c5ccc(CN6CCC6)cc5c4O)C[C@H]3C[C@@H]12. The Morgan fingerprint density at radius 1 is 1.10 bits per heavy atom. The maximum Gasteiger partial charge on any atom is 0.255 e. The van der Waals surface area contributed by atoms with Gasteiger partial charge in [-0.3, -0.25) is 24.2 Å². The number of hydrogen-bond acceptors (Lipinski definition) is 10. The number of Topliss-reactive ketones (excluding diaryl/α,β-unsaturated/α-hetero) is 2. The highest BCUT2D eigenvalue weighted by Gasteiger charge is 2.64. The standard InChI is InChI=1S/C29H31N3O8/c1-31(2)21-17-10-13-9-16-19(23(34)15-8-12(11-32-6-3-7-32)4-5-14(15)22(16)33)24(35)18(13)26(37)29(17,40)27(38)20(25(21)36)28(30)39/h4-5,8,13,17,21,33-35,38,40H,3,6-7,9-11H2,1-2H3,(H2,30,39)/t13-,17-,21-,29-/m0/s1. The zero-order valence-corrected chi connectivity index (χ0v) is 22.1. The molecule has 11 heteroatoms. The molecule has 0 spiro atoms. The molecule has 11 nitrogen and oxygen atoms in total. The molecule has 3 aliphatic carbocycles. The van der Waals surface area contributed by atoms with Crippen LogP contribution >= 0.6 is 0 Å². The predicted molar refractivity (Wildman–Crippen MR) is 143 cm³/mol. The first-order valence-corrected chi connectivity index (χ1v) is 13.2. The summed E-state index contributed by atoms with van der Waals surface area (Å²) in [6.07, 6.45) is 1.10. The number of likely N-dealkylation sites (tertiary alicyclic amines) is 1. The first kappa shape index (κ1) is 26.3. The highest BCUT2D eigenvalue weighted by Crippen LogP contribution is 2.55. The largest absolute Gasteiger partial charge is 0.508 e. The third kappa shape index (κ3) is 3.38. The summed E-state index contributed by atoms with van der Waals surface area (Å²) >= 11 is 0. The van der Waals surface area contributed by atoms with Crippen LogP contribution < -0.4 is 5.73 Å². The van der Waals surface area contributed by atoms with E-state index in [0.717, 1.165) is 25.1 Å². The van der Waals surface area contributed by atoms with E-state index in [1.54, 1.807) is 26.2 Å². The Balaban J connectivity index is 1.54.